The molecule has 1 aromatic rings. The van der Waals surface area contributed by atoms with Gasteiger partial charge in [-0.05, 0) is 43.4 Å². The molecule has 2 heterocycles. The van der Waals surface area contributed by atoms with Crippen LogP contribution in [0.15, 0.2) is 18.2 Å². The van der Waals surface area contributed by atoms with Crippen LogP contribution in [-0.2, 0) is 14.3 Å². The second-order valence-corrected chi connectivity index (χ2v) is 8.22. The fraction of sp³-hybridized carbons (Fsp3) is 0.609. The van der Waals surface area contributed by atoms with E-state index >= 15 is 0 Å². The number of hydrogen-bond acceptors (Lipinski definition) is 6. The van der Waals surface area contributed by atoms with E-state index in [4.69, 9.17) is 14.2 Å². The molecule has 32 heavy (non-hydrogen) atoms. The van der Waals surface area contributed by atoms with Crippen molar-refractivity contribution < 1.29 is 28.6 Å². The van der Waals surface area contributed by atoms with Crippen LogP contribution in [0.25, 0.3) is 0 Å². The van der Waals surface area contributed by atoms with Crippen molar-refractivity contribution in [2.75, 3.05) is 47.5 Å². The molecule has 0 bridgehead atoms. The summed E-state index contributed by atoms with van der Waals surface area (Å²) in [5.74, 6) is 0.139. The number of amides is 3. The fourth-order valence-electron chi connectivity index (χ4n) is 4.33. The molecule has 1 aromatic carbocycles. The maximum Gasteiger partial charge on any atom is 0.320 e. The van der Waals surface area contributed by atoms with Crippen LogP contribution in [0.4, 0.5) is 4.79 Å². The van der Waals surface area contributed by atoms with Crippen LogP contribution in [0.1, 0.15) is 43.7 Å². The smallest absolute Gasteiger partial charge is 0.320 e. The van der Waals surface area contributed by atoms with Gasteiger partial charge in [0.05, 0.1) is 39.7 Å². The highest BCUT2D eigenvalue weighted by atomic mass is 16.5. The SMILES string of the molecule is COC(=O)C[C@H](NC(=O)[C@H]1CCCN(C(=O)N2CCCC2)C1)c1ccc(OC)c(OC)c1. The molecule has 1 N–H and O–H groups in total. The Morgan fingerprint density at radius 2 is 1.69 bits per heavy atom. The van der Waals surface area contributed by atoms with Crippen LogP contribution in [0.5, 0.6) is 11.5 Å². The van der Waals surface area contributed by atoms with E-state index in [1.807, 2.05) is 4.90 Å². The first-order chi connectivity index (χ1) is 15.5. The summed E-state index contributed by atoms with van der Waals surface area (Å²) in [7, 11) is 4.39. The summed E-state index contributed by atoms with van der Waals surface area (Å²) in [5.41, 5.74) is 0.710. The van der Waals surface area contributed by atoms with E-state index in [1.165, 1.54) is 14.2 Å². The van der Waals surface area contributed by atoms with Gasteiger partial charge in [-0.3, -0.25) is 9.59 Å². The molecule has 2 atom stereocenters. The van der Waals surface area contributed by atoms with Gasteiger partial charge in [0, 0.05) is 26.2 Å². The molecular formula is C23H33N3O6. The van der Waals surface area contributed by atoms with Crippen molar-refractivity contribution in [1.29, 1.82) is 0 Å². The molecule has 9 heteroatoms. The van der Waals surface area contributed by atoms with Crippen LogP contribution in [0.3, 0.4) is 0 Å². The number of likely N-dealkylation sites (tertiary alicyclic amines) is 2. The van der Waals surface area contributed by atoms with Gasteiger partial charge in [0.2, 0.25) is 5.91 Å². The van der Waals surface area contributed by atoms with E-state index in [2.05, 4.69) is 5.32 Å². The number of carbonyl (C=O) groups excluding carboxylic acids is 3. The summed E-state index contributed by atoms with van der Waals surface area (Å²) in [6, 6.07) is 4.71. The van der Waals surface area contributed by atoms with Crippen LogP contribution < -0.4 is 14.8 Å². The fourth-order valence-corrected chi connectivity index (χ4v) is 4.33. The lowest BCUT2D eigenvalue weighted by Gasteiger charge is -2.35. The number of benzene rings is 1. The molecule has 0 aliphatic carbocycles. The van der Waals surface area contributed by atoms with Crippen molar-refractivity contribution in [3.8, 4) is 11.5 Å². The molecular weight excluding hydrogens is 414 g/mol. The zero-order valence-corrected chi connectivity index (χ0v) is 19.1. The van der Waals surface area contributed by atoms with E-state index in [0.717, 1.165) is 32.4 Å². The van der Waals surface area contributed by atoms with Gasteiger partial charge in [-0.15, -0.1) is 0 Å². The minimum Gasteiger partial charge on any atom is -0.493 e. The third-order valence-electron chi connectivity index (χ3n) is 6.16. The number of methoxy groups -OCH3 is 3. The lowest BCUT2D eigenvalue weighted by atomic mass is 9.95. The minimum atomic E-state index is -0.584. The summed E-state index contributed by atoms with van der Waals surface area (Å²) < 4.78 is 15.5. The van der Waals surface area contributed by atoms with Gasteiger partial charge in [-0.1, -0.05) is 6.07 Å². The summed E-state index contributed by atoms with van der Waals surface area (Å²) in [6.07, 6.45) is 3.52. The Morgan fingerprint density at radius 3 is 2.34 bits per heavy atom. The monoisotopic (exact) mass is 447 g/mol. The van der Waals surface area contributed by atoms with Crippen LogP contribution in [0.2, 0.25) is 0 Å². The number of urea groups is 1. The average molecular weight is 448 g/mol. The Bertz CT molecular complexity index is 824. The van der Waals surface area contributed by atoms with Gasteiger partial charge in [-0.25, -0.2) is 4.79 Å². The molecule has 2 saturated heterocycles. The van der Waals surface area contributed by atoms with E-state index in [0.29, 0.717) is 36.6 Å². The molecule has 2 aliphatic heterocycles. The molecule has 0 radical (unpaired) electrons. The Labute approximate surface area is 189 Å². The molecule has 3 amide bonds. The van der Waals surface area contributed by atoms with Crippen LogP contribution in [-0.4, -0.2) is 75.2 Å². The number of piperidine rings is 1. The second-order valence-electron chi connectivity index (χ2n) is 8.22. The maximum absolute atomic E-state index is 13.1. The first kappa shape index (κ1) is 23.7. The van der Waals surface area contributed by atoms with Crippen molar-refractivity contribution in [1.82, 2.24) is 15.1 Å². The van der Waals surface area contributed by atoms with Crippen molar-refractivity contribution >= 4 is 17.9 Å². The molecule has 0 spiro atoms. The Morgan fingerprint density at radius 1 is 1.00 bits per heavy atom. The van der Waals surface area contributed by atoms with Crippen molar-refractivity contribution in [2.24, 2.45) is 5.92 Å². The van der Waals surface area contributed by atoms with Gasteiger partial charge in [0.15, 0.2) is 11.5 Å². The predicted molar refractivity (Wildman–Crippen MR) is 118 cm³/mol. The number of carbonyl (C=O) groups is 3. The highest BCUT2D eigenvalue weighted by Gasteiger charge is 2.33. The Hall–Kier alpha value is -2.97. The average Bonchev–Trinajstić information content (AvgIpc) is 3.37. The molecule has 0 saturated carbocycles. The molecule has 9 nitrogen and oxygen atoms in total. The maximum atomic E-state index is 13.1. The van der Waals surface area contributed by atoms with Gasteiger partial charge in [0.25, 0.3) is 0 Å². The topological polar surface area (TPSA) is 97.4 Å². The summed E-state index contributed by atoms with van der Waals surface area (Å²) >= 11 is 0. The summed E-state index contributed by atoms with van der Waals surface area (Å²) in [4.78, 5) is 41.6. The Kier molecular flexibility index (Phi) is 8.19. The zero-order valence-electron chi connectivity index (χ0n) is 19.1. The summed E-state index contributed by atoms with van der Waals surface area (Å²) in [6.45, 7) is 2.62. The van der Waals surface area contributed by atoms with E-state index in [-0.39, 0.29) is 24.3 Å². The second kappa shape index (κ2) is 11.1. The van der Waals surface area contributed by atoms with Crippen LogP contribution >= 0.6 is 0 Å². The number of rotatable bonds is 7. The van der Waals surface area contributed by atoms with Gasteiger partial charge in [-0.2, -0.15) is 0 Å². The summed E-state index contributed by atoms with van der Waals surface area (Å²) in [5, 5.41) is 3.00. The molecule has 3 rings (SSSR count). The van der Waals surface area contributed by atoms with Gasteiger partial charge >= 0.3 is 12.0 Å². The number of nitrogens with zero attached hydrogens (tertiary/aromatic N) is 2. The van der Waals surface area contributed by atoms with Gasteiger partial charge < -0.3 is 29.3 Å². The third-order valence-corrected chi connectivity index (χ3v) is 6.16. The molecule has 0 aromatic heterocycles. The number of ether oxygens (including phenoxy) is 3. The first-order valence-corrected chi connectivity index (χ1v) is 11.1. The molecule has 176 valence electrons. The lowest BCUT2D eigenvalue weighted by Crippen LogP contribution is -2.50. The quantitative estimate of drug-likeness (QED) is 0.645. The highest BCUT2D eigenvalue weighted by molar-refractivity contribution is 5.82. The number of esters is 1. The normalized spacial score (nSPS) is 19.3. The first-order valence-electron chi connectivity index (χ1n) is 11.1. The minimum absolute atomic E-state index is 0.0130. The van der Waals surface area contributed by atoms with E-state index in [9.17, 15) is 14.4 Å². The third kappa shape index (κ3) is 5.63. The number of nitrogens with one attached hydrogen (secondary N) is 1. The molecule has 0 unspecified atom stereocenters. The zero-order chi connectivity index (χ0) is 23.1. The Balaban J connectivity index is 1.71. The largest absolute Gasteiger partial charge is 0.493 e. The number of hydrogen-bond donors (Lipinski definition) is 1. The predicted octanol–water partition coefficient (Wildman–Crippen LogP) is 2.35. The van der Waals surface area contributed by atoms with E-state index in [1.54, 1.807) is 30.2 Å². The van der Waals surface area contributed by atoms with Crippen LogP contribution in [0, 0.1) is 5.92 Å². The standard InChI is InChI=1S/C23H33N3O6/c1-30-19-9-8-16(13-20(19)31-2)18(14-21(27)32-3)24-22(28)17-7-6-12-26(15-17)23(29)25-10-4-5-11-25/h8-9,13,17-18H,4-7,10-12,14-15H2,1-3H3,(H,24,28)/t17-,18-/m0/s1. The molecule has 2 fully saturated rings. The van der Waals surface area contributed by atoms with Crippen molar-refractivity contribution in [3.63, 3.8) is 0 Å². The highest BCUT2D eigenvalue weighted by Crippen LogP contribution is 2.31. The van der Waals surface area contributed by atoms with Gasteiger partial charge in [0.1, 0.15) is 0 Å². The van der Waals surface area contributed by atoms with E-state index < -0.39 is 12.0 Å². The van der Waals surface area contributed by atoms with Crippen molar-refractivity contribution in [2.45, 2.75) is 38.1 Å². The molecule has 2 aliphatic rings. The lowest BCUT2D eigenvalue weighted by molar-refractivity contribution is -0.141. The van der Waals surface area contributed by atoms with Crippen molar-refractivity contribution in [3.05, 3.63) is 23.8 Å².